The van der Waals surface area contributed by atoms with Crippen LogP contribution in [0.1, 0.15) is 10.5 Å². The lowest BCUT2D eigenvalue weighted by Gasteiger charge is -2.07. The maximum Gasteiger partial charge on any atom is 0.356 e. The fourth-order valence-electron chi connectivity index (χ4n) is 1.72. The highest BCUT2D eigenvalue weighted by Gasteiger charge is 2.13. The van der Waals surface area contributed by atoms with Crippen LogP contribution >= 0.6 is 15.9 Å². The van der Waals surface area contributed by atoms with Crippen molar-refractivity contribution in [2.75, 3.05) is 11.9 Å². The summed E-state index contributed by atoms with van der Waals surface area (Å²) in [6.07, 6.45) is 2.81. The topological polar surface area (TPSA) is 110 Å². The number of carbonyl (C=O) groups is 1. The van der Waals surface area contributed by atoms with Crippen molar-refractivity contribution in [3.05, 3.63) is 51.0 Å². The van der Waals surface area contributed by atoms with Gasteiger partial charge in [-0.05, 0) is 12.1 Å². The SMILES string of the molecule is O=C(O)c1cn(CCNc2ccc(Br)cc2[N+](=O)[O-])cn1. The second kappa shape index (κ2) is 6.35. The number of rotatable bonds is 6. The Morgan fingerprint density at radius 1 is 1.52 bits per heavy atom. The van der Waals surface area contributed by atoms with E-state index in [1.165, 1.54) is 18.6 Å². The van der Waals surface area contributed by atoms with E-state index >= 15 is 0 Å². The first-order chi connectivity index (χ1) is 9.97. The summed E-state index contributed by atoms with van der Waals surface area (Å²) in [5.41, 5.74) is 0.340. The van der Waals surface area contributed by atoms with Gasteiger partial charge in [-0.2, -0.15) is 0 Å². The summed E-state index contributed by atoms with van der Waals surface area (Å²) < 4.78 is 2.22. The normalized spacial score (nSPS) is 10.3. The van der Waals surface area contributed by atoms with Crippen molar-refractivity contribution in [3.63, 3.8) is 0 Å². The van der Waals surface area contributed by atoms with Gasteiger partial charge in [-0.25, -0.2) is 9.78 Å². The maximum absolute atomic E-state index is 10.9. The lowest BCUT2D eigenvalue weighted by molar-refractivity contribution is -0.384. The molecule has 110 valence electrons. The third-order valence-corrected chi connectivity index (χ3v) is 3.19. The number of aromatic carboxylic acids is 1. The number of nitrogens with one attached hydrogen (secondary N) is 1. The summed E-state index contributed by atoms with van der Waals surface area (Å²) in [5.74, 6) is -1.09. The van der Waals surface area contributed by atoms with Gasteiger partial charge >= 0.3 is 5.97 Å². The monoisotopic (exact) mass is 354 g/mol. The van der Waals surface area contributed by atoms with Gasteiger partial charge in [0.15, 0.2) is 5.69 Å². The number of nitro groups is 1. The van der Waals surface area contributed by atoms with Crippen molar-refractivity contribution in [1.29, 1.82) is 0 Å². The molecular weight excluding hydrogens is 344 g/mol. The summed E-state index contributed by atoms with van der Waals surface area (Å²) >= 11 is 3.19. The van der Waals surface area contributed by atoms with Gasteiger partial charge in [0.2, 0.25) is 0 Å². The van der Waals surface area contributed by atoms with Crippen LogP contribution in [0.4, 0.5) is 11.4 Å². The molecule has 2 N–H and O–H groups in total. The van der Waals surface area contributed by atoms with Crippen molar-refractivity contribution < 1.29 is 14.8 Å². The Hall–Kier alpha value is -2.42. The van der Waals surface area contributed by atoms with Crippen LogP contribution in [0.2, 0.25) is 0 Å². The van der Waals surface area contributed by atoms with Gasteiger partial charge in [0.25, 0.3) is 5.69 Å². The van der Waals surface area contributed by atoms with Crippen molar-refractivity contribution in [3.8, 4) is 0 Å². The zero-order valence-corrected chi connectivity index (χ0v) is 12.3. The molecule has 2 aromatic rings. The Labute approximate surface area is 127 Å². The van der Waals surface area contributed by atoms with Crippen molar-refractivity contribution in [2.45, 2.75) is 6.54 Å². The van der Waals surface area contributed by atoms with Crippen molar-refractivity contribution >= 4 is 33.3 Å². The van der Waals surface area contributed by atoms with E-state index in [0.717, 1.165) is 0 Å². The van der Waals surface area contributed by atoms with Gasteiger partial charge in [-0.15, -0.1) is 0 Å². The molecule has 21 heavy (non-hydrogen) atoms. The Morgan fingerprint density at radius 2 is 2.29 bits per heavy atom. The van der Waals surface area contributed by atoms with Gasteiger partial charge in [0.05, 0.1) is 11.3 Å². The van der Waals surface area contributed by atoms with Crippen LogP contribution < -0.4 is 5.32 Å². The summed E-state index contributed by atoms with van der Waals surface area (Å²) in [6, 6.07) is 4.73. The molecule has 0 aliphatic carbocycles. The molecule has 1 heterocycles. The minimum atomic E-state index is -1.09. The third-order valence-electron chi connectivity index (χ3n) is 2.69. The highest BCUT2D eigenvalue weighted by molar-refractivity contribution is 9.10. The second-order valence-electron chi connectivity index (χ2n) is 4.15. The molecule has 0 fully saturated rings. The summed E-state index contributed by atoms with van der Waals surface area (Å²) in [6.45, 7) is 0.839. The van der Waals surface area contributed by atoms with Crippen molar-refractivity contribution in [2.24, 2.45) is 0 Å². The number of anilines is 1. The number of nitrogens with zero attached hydrogens (tertiary/aromatic N) is 3. The third kappa shape index (κ3) is 3.78. The first kappa shape index (κ1) is 15.0. The number of hydrogen-bond donors (Lipinski definition) is 2. The van der Waals surface area contributed by atoms with Gasteiger partial charge < -0.3 is 15.0 Å². The molecule has 0 saturated heterocycles. The van der Waals surface area contributed by atoms with E-state index in [4.69, 9.17) is 5.11 Å². The second-order valence-corrected chi connectivity index (χ2v) is 5.06. The number of benzene rings is 1. The predicted molar refractivity (Wildman–Crippen MR) is 78.5 cm³/mol. The average molecular weight is 355 g/mol. The first-order valence-electron chi connectivity index (χ1n) is 5.90. The van der Waals surface area contributed by atoms with E-state index in [1.54, 1.807) is 16.7 Å². The van der Waals surface area contributed by atoms with Crippen LogP contribution in [0, 0.1) is 10.1 Å². The molecule has 0 bridgehead atoms. The Balaban J connectivity index is 2.00. The Kier molecular flexibility index (Phi) is 4.53. The minimum Gasteiger partial charge on any atom is -0.476 e. The fourth-order valence-corrected chi connectivity index (χ4v) is 2.07. The maximum atomic E-state index is 10.9. The summed E-state index contributed by atoms with van der Waals surface area (Å²) in [4.78, 5) is 24.9. The highest BCUT2D eigenvalue weighted by atomic mass is 79.9. The van der Waals surface area contributed by atoms with Crippen LogP contribution in [0.15, 0.2) is 35.2 Å². The van der Waals surface area contributed by atoms with E-state index in [2.05, 4.69) is 26.2 Å². The average Bonchev–Trinajstić information content (AvgIpc) is 2.89. The van der Waals surface area contributed by atoms with E-state index in [-0.39, 0.29) is 11.4 Å². The first-order valence-corrected chi connectivity index (χ1v) is 6.69. The Morgan fingerprint density at radius 3 is 2.90 bits per heavy atom. The zero-order valence-electron chi connectivity index (χ0n) is 10.7. The van der Waals surface area contributed by atoms with Gasteiger partial charge in [-0.3, -0.25) is 10.1 Å². The molecular formula is C12H11BrN4O4. The van der Waals surface area contributed by atoms with Gasteiger partial charge in [0, 0.05) is 29.8 Å². The number of carboxylic acids is 1. The Bertz CT molecular complexity index is 686. The number of nitro benzene ring substituents is 1. The highest BCUT2D eigenvalue weighted by Crippen LogP contribution is 2.27. The predicted octanol–water partition coefficient (Wildman–Crippen LogP) is 2.36. The molecule has 1 aromatic heterocycles. The number of hydrogen-bond acceptors (Lipinski definition) is 5. The van der Waals surface area contributed by atoms with Crippen LogP contribution in [-0.2, 0) is 6.54 Å². The van der Waals surface area contributed by atoms with Crippen LogP contribution in [0.3, 0.4) is 0 Å². The van der Waals surface area contributed by atoms with Gasteiger partial charge in [-0.1, -0.05) is 15.9 Å². The summed E-state index contributed by atoms with van der Waals surface area (Å²) in [5, 5.41) is 22.7. The summed E-state index contributed by atoms with van der Waals surface area (Å²) in [7, 11) is 0. The molecule has 0 unspecified atom stereocenters. The standard InChI is InChI=1S/C12H11BrN4O4/c13-8-1-2-9(11(5-8)17(20)21)14-3-4-16-6-10(12(18)19)15-7-16/h1-2,5-7,14H,3-4H2,(H,18,19). The van der Waals surface area contributed by atoms with E-state index in [1.807, 2.05) is 0 Å². The van der Waals surface area contributed by atoms with E-state index in [0.29, 0.717) is 23.2 Å². The minimum absolute atomic E-state index is 0.0266. The number of imidazole rings is 1. The van der Waals surface area contributed by atoms with Crippen molar-refractivity contribution in [1.82, 2.24) is 9.55 Å². The molecule has 0 aliphatic rings. The fraction of sp³-hybridized carbons (Fsp3) is 0.167. The molecule has 0 saturated carbocycles. The molecule has 0 spiro atoms. The number of carboxylic acid groups (broad SMARTS) is 1. The quantitative estimate of drug-likeness (QED) is 0.608. The molecule has 0 atom stereocenters. The molecule has 0 radical (unpaired) electrons. The van der Waals surface area contributed by atoms with Crippen LogP contribution in [0.25, 0.3) is 0 Å². The molecule has 0 aliphatic heterocycles. The molecule has 1 aromatic carbocycles. The lowest BCUT2D eigenvalue weighted by atomic mass is 10.2. The van der Waals surface area contributed by atoms with E-state index < -0.39 is 10.9 Å². The zero-order chi connectivity index (χ0) is 15.4. The van der Waals surface area contributed by atoms with Gasteiger partial charge in [0.1, 0.15) is 5.69 Å². The smallest absolute Gasteiger partial charge is 0.356 e. The molecule has 2 rings (SSSR count). The lowest BCUT2D eigenvalue weighted by Crippen LogP contribution is -2.10. The molecule has 9 heteroatoms. The molecule has 0 amide bonds. The van der Waals surface area contributed by atoms with Crippen LogP contribution in [-0.4, -0.2) is 32.1 Å². The largest absolute Gasteiger partial charge is 0.476 e. The van der Waals surface area contributed by atoms with E-state index in [9.17, 15) is 14.9 Å². The van der Waals surface area contributed by atoms with Crippen LogP contribution in [0.5, 0.6) is 0 Å². The molecule has 8 nitrogen and oxygen atoms in total. The number of halogens is 1. The number of aromatic nitrogens is 2.